The summed E-state index contributed by atoms with van der Waals surface area (Å²) in [6.07, 6.45) is 0.299. The van der Waals surface area contributed by atoms with Crippen LogP contribution in [0.4, 0.5) is 10.1 Å². The molecule has 0 aliphatic heterocycles. The van der Waals surface area contributed by atoms with E-state index in [1.165, 1.54) is 13.0 Å². The molecule has 0 bridgehead atoms. The van der Waals surface area contributed by atoms with Crippen LogP contribution in [0.1, 0.15) is 18.9 Å². The number of nitro groups is 1. The van der Waals surface area contributed by atoms with Crippen LogP contribution < -0.4 is 4.74 Å². The van der Waals surface area contributed by atoms with Crippen molar-refractivity contribution in [2.75, 3.05) is 6.61 Å². The van der Waals surface area contributed by atoms with Crippen LogP contribution in [-0.2, 0) is 4.79 Å². The van der Waals surface area contributed by atoms with Crippen molar-refractivity contribution >= 4 is 11.5 Å². The second-order valence-electron chi connectivity index (χ2n) is 3.51. The first-order valence-electron chi connectivity index (χ1n) is 5.04. The van der Waals surface area contributed by atoms with E-state index < -0.39 is 10.7 Å². The van der Waals surface area contributed by atoms with Gasteiger partial charge < -0.3 is 4.74 Å². The van der Waals surface area contributed by atoms with E-state index in [1.807, 2.05) is 0 Å². The molecule has 0 radical (unpaired) electrons. The number of halogens is 1. The third kappa shape index (κ3) is 3.24. The molecular weight excluding hydrogens is 229 g/mol. The van der Waals surface area contributed by atoms with Gasteiger partial charge in [0.1, 0.15) is 6.61 Å². The largest absolute Gasteiger partial charge is 0.483 e. The van der Waals surface area contributed by atoms with Crippen molar-refractivity contribution in [3.63, 3.8) is 0 Å². The molecule has 1 aromatic rings. The number of nitro benzene ring substituents is 1. The van der Waals surface area contributed by atoms with Crippen LogP contribution in [0.3, 0.4) is 0 Å². The van der Waals surface area contributed by atoms with Gasteiger partial charge in [-0.2, -0.15) is 0 Å². The summed E-state index contributed by atoms with van der Waals surface area (Å²) in [6, 6.07) is 2.01. The van der Waals surface area contributed by atoms with Gasteiger partial charge in [-0.3, -0.25) is 14.9 Å². The van der Waals surface area contributed by atoms with Gasteiger partial charge in [-0.05, 0) is 13.0 Å². The van der Waals surface area contributed by atoms with Gasteiger partial charge in [0.25, 0.3) is 5.69 Å². The molecule has 0 saturated carbocycles. The lowest BCUT2D eigenvalue weighted by atomic mass is 10.2. The Kier molecular flexibility index (Phi) is 4.14. The summed E-state index contributed by atoms with van der Waals surface area (Å²) in [4.78, 5) is 20.9. The van der Waals surface area contributed by atoms with Crippen LogP contribution in [0.15, 0.2) is 12.1 Å². The summed E-state index contributed by atoms with van der Waals surface area (Å²) < 4.78 is 18.4. The highest BCUT2D eigenvalue weighted by atomic mass is 19.1. The Bertz CT molecular complexity index is 459. The first kappa shape index (κ1) is 13.1. The van der Waals surface area contributed by atoms with Gasteiger partial charge >= 0.3 is 0 Å². The van der Waals surface area contributed by atoms with E-state index >= 15 is 0 Å². The van der Waals surface area contributed by atoms with E-state index in [2.05, 4.69) is 0 Å². The Morgan fingerprint density at radius 3 is 2.71 bits per heavy atom. The fraction of sp³-hybridized carbons (Fsp3) is 0.364. The highest BCUT2D eigenvalue weighted by molar-refractivity contribution is 5.79. The van der Waals surface area contributed by atoms with Crippen molar-refractivity contribution in [3.05, 3.63) is 33.6 Å². The van der Waals surface area contributed by atoms with Crippen LogP contribution in [0.5, 0.6) is 5.75 Å². The minimum Gasteiger partial charge on any atom is -0.483 e. The van der Waals surface area contributed by atoms with Crippen LogP contribution >= 0.6 is 0 Å². The maximum atomic E-state index is 13.4. The molecule has 0 aliphatic rings. The molecule has 1 rings (SSSR count). The number of ether oxygens (including phenoxy) is 1. The van der Waals surface area contributed by atoms with Gasteiger partial charge in [-0.1, -0.05) is 6.92 Å². The zero-order chi connectivity index (χ0) is 13.0. The maximum absolute atomic E-state index is 13.4. The second-order valence-corrected chi connectivity index (χ2v) is 3.51. The molecule has 1 aromatic carbocycles. The minimum absolute atomic E-state index is 0.144. The van der Waals surface area contributed by atoms with Crippen molar-refractivity contribution < 1.29 is 18.8 Å². The summed E-state index contributed by atoms with van der Waals surface area (Å²) in [5.74, 6) is -1.15. The molecular formula is C11H12FNO4. The van der Waals surface area contributed by atoms with Crippen LogP contribution in [0, 0.1) is 22.9 Å². The number of nitrogens with zero attached hydrogens (tertiary/aromatic N) is 1. The lowest BCUT2D eigenvalue weighted by Crippen LogP contribution is -2.10. The predicted octanol–water partition coefficient (Wildman–Crippen LogP) is 2.40. The molecule has 0 fully saturated rings. The van der Waals surface area contributed by atoms with Crippen molar-refractivity contribution in [1.82, 2.24) is 0 Å². The Hall–Kier alpha value is -1.98. The fourth-order valence-corrected chi connectivity index (χ4v) is 1.21. The highest BCUT2D eigenvalue weighted by Crippen LogP contribution is 2.26. The first-order chi connectivity index (χ1) is 7.95. The molecule has 0 saturated heterocycles. The Balaban J connectivity index is 2.92. The van der Waals surface area contributed by atoms with Gasteiger partial charge in [-0.25, -0.2) is 4.39 Å². The number of hydrogen-bond donors (Lipinski definition) is 0. The quantitative estimate of drug-likeness (QED) is 0.586. The zero-order valence-electron chi connectivity index (χ0n) is 9.53. The fourth-order valence-electron chi connectivity index (χ4n) is 1.21. The van der Waals surface area contributed by atoms with Crippen LogP contribution in [-0.4, -0.2) is 17.3 Å². The number of carbonyl (C=O) groups excluding carboxylic acids is 1. The van der Waals surface area contributed by atoms with Crippen molar-refractivity contribution in [2.24, 2.45) is 0 Å². The Labute approximate surface area is 97.3 Å². The number of carbonyl (C=O) groups is 1. The van der Waals surface area contributed by atoms with Gasteiger partial charge in [-0.15, -0.1) is 0 Å². The van der Waals surface area contributed by atoms with E-state index in [-0.39, 0.29) is 29.4 Å². The van der Waals surface area contributed by atoms with E-state index in [0.717, 1.165) is 6.07 Å². The van der Waals surface area contributed by atoms with Crippen molar-refractivity contribution in [3.8, 4) is 5.75 Å². The zero-order valence-corrected chi connectivity index (χ0v) is 9.53. The summed E-state index contributed by atoms with van der Waals surface area (Å²) in [7, 11) is 0. The summed E-state index contributed by atoms with van der Waals surface area (Å²) >= 11 is 0. The molecule has 0 unspecified atom stereocenters. The summed E-state index contributed by atoms with van der Waals surface area (Å²) in [6.45, 7) is 2.92. The number of ketones is 1. The molecule has 0 N–H and O–H groups in total. The van der Waals surface area contributed by atoms with Crippen molar-refractivity contribution in [2.45, 2.75) is 20.3 Å². The lowest BCUT2D eigenvalue weighted by Gasteiger charge is -2.07. The average Bonchev–Trinajstić information content (AvgIpc) is 2.28. The van der Waals surface area contributed by atoms with Gasteiger partial charge in [0, 0.05) is 12.0 Å². The molecule has 6 heteroatoms. The van der Waals surface area contributed by atoms with E-state index in [9.17, 15) is 19.3 Å². The molecule has 0 heterocycles. The van der Waals surface area contributed by atoms with E-state index in [1.54, 1.807) is 6.92 Å². The number of rotatable bonds is 5. The highest BCUT2D eigenvalue weighted by Gasteiger charge is 2.16. The van der Waals surface area contributed by atoms with Crippen LogP contribution in [0.25, 0.3) is 0 Å². The van der Waals surface area contributed by atoms with Gasteiger partial charge in [0.2, 0.25) is 0 Å². The topological polar surface area (TPSA) is 69.4 Å². The third-order valence-corrected chi connectivity index (χ3v) is 2.23. The average molecular weight is 241 g/mol. The molecule has 5 nitrogen and oxygen atoms in total. The minimum atomic E-state index is -0.841. The standard InChI is InChI=1S/C11H12FNO4/c1-3-8(14)6-17-11-4-7(2)10(13(15)16)5-9(11)12/h4-5H,3,6H2,1-2H3. The number of Topliss-reactive ketones (excluding diaryl/α,β-unsaturated/α-hetero) is 1. The van der Waals surface area contributed by atoms with E-state index in [0.29, 0.717) is 6.42 Å². The van der Waals surface area contributed by atoms with Crippen LogP contribution in [0.2, 0.25) is 0 Å². The Morgan fingerprint density at radius 2 is 2.18 bits per heavy atom. The molecule has 17 heavy (non-hydrogen) atoms. The molecule has 92 valence electrons. The molecule has 0 aromatic heterocycles. The smallest absolute Gasteiger partial charge is 0.275 e. The number of aryl methyl sites for hydroxylation is 1. The van der Waals surface area contributed by atoms with E-state index in [4.69, 9.17) is 4.74 Å². The molecule has 0 aliphatic carbocycles. The normalized spacial score (nSPS) is 10.1. The lowest BCUT2D eigenvalue weighted by molar-refractivity contribution is -0.385. The monoisotopic (exact) mass is 241 g/mol. The first-order valence-corrected chi connectivity index (χ1v) is 5.04. The summed E-state index contributed by atoms with van der Waals surface area (Å²) in [5, 5.41) is 10.5. The predicted molar refractivity (Wildman–Crippen MR) is 58.6 cm³/mol. The van der Waals surface area contributed by atoms with Gasteiger partial charge in [0.15, 0.2) is 17.3 Å². The third-order valence-electron chi connectivity index (χ3n) is 2.23. The second kappa shape index (κ2) is 5.38. The van der Waals surface area contributed by atoms with Crippen molar-refractivity contribution in [1.29, 1.82) is 0 Å². The summed E-state index contributed by atoms with van der Waals surface area (Å²) in [5.41, 5.74) is -0.0213. The molecule has 0 amide bonds. The van der Waals surface area contributed by atoms with Gasteiger partial charge in [0.05, 0.1) is 11.0 Å². The Morgan fingerprint density at radius 1 is 1.53 bits per heavy atom. The maximum Gasteiger partial charge on any atom is 0.275 e. The number of benzene rings is 1. The molecule has 0 spiro atoms. The number of hydrogen-bond acceptors (Lipinski definition) is 4. The molecule has 0 atom stereocenters. The SMILES string of the molecule is CCC(=O)COc1cc(C)c([N+](=O)[O-])cc1F.